The zero-order valence-corrected chi connectivity index (χ0v) is 19.4. The third kappa shape index (κ3) is 7.54. The standard InChI is InChI=1S/C21H31F3N2O6/c1-8-12-14(17(27)30-9-2)13(26-15(12)18(28)32-20(5,6)7)10-25-16(11(3)4)31-19(29)21(22,23)24/h11,16,25-26H,8-10H2,1-7H3. The second-order valence-corrected chi connectivity index (χ2v) is 8.36. The fourth-order valence-electron chi connectivity index (χ4n) is 2.83. The summed E-state index contributed by atoms with van der Waals surface area (Å²) in [5.41, 5.74) is -0.0784. The first-order valence-electron chi connectivity index (χ1n) is 10.3. The van der Waals surface area contributed by atoms with Crippen molar-refractivity contribution in [2.45, 2.75) is 79.4 Å². The molecule has 32 heavy (non-hydrogen) atoms. The number of aromatic amines is 1. The van der Waals surface area contributed by atoms with Crippen LogP contribution in [0.2, 0.25) is 0 Å². The number of ether oxygens (including phenoxy) is 3. The van der Waals surface area contributed by atoms with Gasteiger partial charge in [-0.15, -0.1) is 0 Å². The number of nitrogens with one attached hydrogen (secondary N) is 2. The summed E-state index contributed by atoms with van der Waals surface area (Å²) in [4.78, 5) is 39.4. The average Bonchev–Trinajstić information content (AvgIpc) is 3.01. The van der Waals surface area contributed by atoms with E-state index in [1.807, 2.05) is 0 Å². The van der Waals surface area contributed by atoms with Crippen molar-refractivity contribution in [2.75, 3.05) is 6.61 Å². The smallest absolute Gasteiger partial charge is 0.462 e. The molecule has 0 aliphatic carbocycles. The lowest BCUT2D eigenvalue weighted by Gasteiger charge is -2.23. The molecular formula is C21H31F3N2O6. The zero-order valence-electron chi connectivity index (χ0n) is 19.4. The Balaban J connectivity index is 3.30. The van der Waals surface area contributed by atoms with Crippen LogP contribution in [0.25, 0.3) is 0 Å². The van der Waals surface area contributed by atoms with Crippen LogP contribution in [-0.4, -0.2) is 47.5 Å². The van der Waals surface area contributed by atoms with Gasteiger partial charge >= 0.3 is 24.1 Å². The molecule has 0 radical (unpaired) electrons. The Kier molecular flexibility index (Phi) is 9.31. The Morgan fingerprint density at radius 3 is 2.09 bits per heavy atom. The maximum Gasteiger partial charge on any atom is 0.490 e. The van der Waals surface area contributed by atoms with Gasteiger partial charge in [-0.2, -0.15) is 13.2 Å². The van der Waals surface area contributed by atoms with Crippen molar-refractivity contribution in [3.8, 4) is 0 Å². The molecule has 1 unspecified atom stereocenters. The second kappa shape index (κ2) is 10.8. The molecule has 1 atom stereocenters. The molecule has 11 heteroatoms. The highest BCUT2D eigenvalue weighted by atomic mass is 19.4. The summed E-state index contributed by atoms with van der Waals surface area (Å²) in [7, 11) is 0. The Hall–Kier alpha value is -2.56. The Bertz CT molecular complexity index is 825. The maximum absolute atomic E-state index is 12.7. The van der Waals surface area contributed by atoms with E-state index in [0.29, 0.717) is 5.56 Å². The van der Waals surface area contributed by atoms with Crippen molar-refractivity contribution < 1.29 is 41.8 Å². The first-order chi connectivity index (χ1) is 14.6. The lowest BCUT2D eigenvalue weighted by atomic mass is 10.1. The molecule has 1 aromatic rings. The number of halogens is 3. The highest BCUT2D eigenvalue weighted by molar-refractivity contribution is 5.99. The third-order valence-electron chi connectivity index (χ3n) is 4.17. The number of esters is 3. The van der Waals surface area contributed by atoms with Gasteiger partial charge in [0, 0.05) is 18.2 Å². The zero-order chi connectivity index (χ0) is 24.9. The predicted molar refractivity (Wildman–Crippen MR) is 109 cm³/mol. The molecule has 0 bridgehead atoms. The van der Waals surface area contributed by atoms with E-state index in [1.54, 1.807) is 48.5 Å². The highest BCUT2D eigenvalue weighted by Crippen LogP contribution is 2.25. The molecule has 182 valence electrons. The van der Waals surface area contributed by atoms with Crippen LogP contribution in [0.3, 0.4) is 0 Å². The molecule has 0 aliphatic heterocycles. The molecule has 0 saturated carbocycles. The molecule has 1 rings (SSSR count). The summed E-state index contributed by atoms with van der Waals surface area (Å²) in [6, 6.07) is 0. The van der Waals surface area contributed by atoms with Crippen LogP contribution in [0.1, 0.15) is 80.6 Å². The van der Waals surface area contributed by atoms with Crippen LogP contribution in [0.4, 0.5) is 13.2 Å². The minimum absolute atomic E-state index is 0.0515. The predicted octanol–water partition coefficient (Wildman–Crippen LogP) is 3.89. The van der Waals surface area contributed by atoms with E-state index in [2.05, 4.69) is 15.0 Å². The van der Waals surface area contributed by atoms with Gasteiger partial charge in [-0.3, -0.25) is 5.32 Å². The fourth-order valence-corrected chi connectivity index (χ4v) is 2.83. The summed E-state index contributed by atoms with van der Waals surface area (Å²) in [6.45, 7) is 11.4. The van der Waals surface area contributed by atoms with Gasteiger partial charge in [0.2, 0.25) is 0 Å². The molecule has 1 aromatic heterocycles. The monoisotopic (exact) mass is 464 g/mol. The van der Waals surface area contributed by atoms with Crippen molar-refractivity contribution in [3.05, 3.63) is 22.5 Å². The van der Waals surface area contributed by atoms with Crippen LogP contribution in [0.15, 0.2) is 0 Å². The van der Waals surface area contributed by atoms with Crippen molar-refractivity contribution in [3.63, 3.8) is 0 Å². The average molecular weight is 464 g/mol. The van der Waals surface area contributed by atoms with Gasteiger partial charge in [-0.05, 0) is 39.7 Å². The van der Waals surface area contributed by atoms with Crippen LogP contribution in [0.5, 0.6) is 0 Å². The summed E-state index contributed by atoms with van der Waals surface area (Å²) < 4.78 is 52.8. The van der Waals surface area contributed by atoms with Crippen molar-refractivity contribution in [1.29, 1.82) is 0 Å². The van der Waals surface area contributed by atoms with Gasteiger partial charge in [0.25, 0.3) is 0 Å². The summed E-state index contributed by atoms with van der Waals surface area (Å²) >= 11 is 0. The molecule has 0 amide bonds. The van der Waals surface area contributed by atoms with Crippen molar-refractivity contribution >= 4 is 17.9 Å². The van der Waals surface area contributed by atoms with Gasteiger partial charge < -0.3 is 19.2 Å². The number of hydrogen-bond acceptors (Lipinski definition) is 7. The quantitative estimate of drug-likeness (QED) is 0.324. The SMILES string of the molecule is CCOC(=O)c1c(CNC(OC(=O)C(F)(F)F)C(C)C)[nH]c(C(=O)OC(C)(C)C)c1CC. The number of aromatic nitrogens is 1. The highest BCUT2D eigenvalue weighted by Gasteiger charge is 2.42. The lowest BCUT2D eigenvalue weighted by Crippen LogP contribution is -2.41. The van der Waals surface area contributed by atoms with E-state index >= 15 is 0 Å². The number of carbonyl (C=O) groups is 3. The Labute approximate surface area is 185 Å². The number of hydrogen-bond donors (Lipinski definition) is 2. The van der Waals surface area contributed by atoms with Crippen molar-refractivity contribution in [2.24, 2.45) is 5.92 Å². The molecule has 0 fully saturated rings. The third-order valence-corrected chi connectivity index (χ3v) is 4.17. The number of H-pyrrole nitrogens is 1. The summed E-state index contributed by atoms with van der Waals surface area (Å²) in [5.74, 6) is -4.22. The molecule has 0 aromatic carbocycles. The fraction of sp³-hybridized carbons (Fsp3) is 0.667. The molecule has 0 aliphatic rings. The van der Waals surface area contributed by atoms with Crippen LogP contribution < -0.4 is 5.32 Å². The van der Waals surface area contributed by atoms with E-state index in [9.17, 15) is 27.6 Å². The van der Waals surface area contributed by atoms with Gasteiger partial charge in [-0.25, -0.2) is 14.4 Å². The van der Waals surface area contributed by atoms with Crippen molar-refractivity contribution in [1.82, 2.24) is 10.3 Å². The van der Waals surface area contributed by atoms with E-state index in [-0.39, 0.29) is 36.5 Å². The topological polar surface area (TPSA) is 107 Å². The van der Waals surface area contributed by atoms with Crippen LogP contribution >= 0.6 is 0 Å². The van der Waals surface area contributed by atoms with Crippen LogP contribution in [0, 0.1) is 5.92 Å². The molecule has 0 spiro atoms. The van der Waals surface area contributed by atoms with Crippen LogP contribution in [-0.2, 0) is 32.0 Å². The number of rotatable bonds is 9. The first-order valence-corrected chi connectivity index (χ1v) is 10.3. The molecule has 0 saturated heterocycles. The van der Waals surface area contributed by atoms with Gasteiger partial charge in [0.05, 0.1) is 12.2 Å². The molecule has 1 heterocycles. The van der Waals surface area contributed by atoms with Gasteiger partial charge in [-0.1, -0.05) is 20.8 Å². The summed E-state index contributed by atoms with van der Waals surface area (Å²) in [6.07, 6.45) is -6.15. The minimum atomic E-state index is -5.14. The molecule has 2 N–H and O–H groups in total. The lowest BCUT2D eigenvalue weighted by molar-refractivity contribution is -0.208. The normalized spacial score (nSPS) is 13.1. The molecular weight excluding hydrogens is 433 g/mol. The molecule has 8 nitrogen and oxygen atoms in total. The van der Waals surface area contributed by atoms with E-state index in [1.165, 1.54) is 0 Å². The first kappa shape index (κ1) is 27.5. The van der Waals surface area contributed by atoms with E-state index in [4.69, 9.17) is 9.47 Å². The minimum Gasteiger partial charge on any atom is -0.462 e. The van der Waals surface area contributed by atoms with E-state index in [0.717, 1.165) is 0 Å². The Morgan fingerprint density at radius 1 is 1.06 bits per heavy atom. The number of alkyl halides is 3. The van der Waals surface area contributed by atoms with E-state index < -0.39 is 41.8 Å². The Morgan fingerprint density at radius 2 is 1.66 bits per heavy atom. The largest absolute Gasteiger partial charge is 0.490 e. The van der Waals surface area contributed by atoms with Gasteiger partial charge in [0.1, 0.15) is 11.3 Å². The summed E-state index contributed by atoms with van der Waals surface area (Å²) in [5, 5.41) is 2.69. The maximum atomic E-state index is 12.7. The second-order valence-electron chi connectivity index (χ2n) is 8.36. The number of carbonyl (C=O) groups excluding carboxylic acids is 3. The van der Waals surface area contributed by atoms with Gasteiger partial charge in [0.15, 0.2) is 6.23 Å².